The van der Waals surface area contributed by atoms with Gasteiger partial charge < -0.3 is 5.32 Å². The molecule has 2 atom stereocenters. The summed E-state index contributed by atoms with van der Waals surface area (Å²) in [6.07, 6.45) is 2.67. The summed E-state index contributed by atoms with van der Waals surface area (Å²) in [5, 5.41) is 3.20. The summed E-state index contributed by atoms with van der Waals surface area (Å²) in [7, 11) is 2.02. The van der Waals surface area contributed by atoms with Crippen molar-refractivity contribution in [1.82, 2.24) is 5.32 Å². The predicted molar refractivity (Wildman–Crippen MR) is 47.2 cm³/mol. The number of nitrogens with one attached hydrogen (secondary N) is 1. The second-order valence-corrected chi connectivity index (χ2v) is 3.41. The summed E-state index contributed by atoms with van der Waals surface area (Å²) in [5.41, 5.74) is 0. The normalized spacial score (nSPS) is 16.8. The lowest BCUT2D eigenvalue weighted by atomic mass is 9.95. The average Bonchev–Trinajstić information content (AvgIpc) is 1.88. The van der Waals surface area contributed by atoms with E-state index in [0.717, 1.165) is 18.4 Å². The third-order valence-electron chi connectivity index (χ3n) is 2.05. The fraction of sp³-hybridized carbons (Fsp3) is 1.00. The molecule has 2 unspecified atom stereocenters. The Morgan fingerprint density at radius 3 is 2.20 bits per heavy atom. The van der Waals surface area contributed by atoms with E-state index >= 15 is 0 Å². The lowest BCUT2D eigenvalue weighted by molar-refractivity contribution is 0.396. The lowest BCUT2D eigenvalue weighted by Gasteiger charge is -2.14. The maximum absolute atomic E-state index is 3.20. The van der Waals surface area contributed by atoms with Gasteiger partial charge in [0.1, 0.15) is 0 Å². The van der Waals surface area contributed by atoms with Crippen LogP contribution in [0.15, 0.2) is 0 Å². The summed E-state index contributed by atoms with van der Waals surface area (Å²) in [4.78, 5) is 0. The van der Waals surface area contributed by atoms with Gasteiger partial charge in [-0.25, -0.2) is 0 Å². The molecule has 0 aliphatic rings. The van der Waals surface area contributed by atoms with Gasteiger partial charge in [-0.05, 0) is 31.8 Å². The van der Waals surface area contributed by atoms with Gasteiger partial charge in [0.15, 0.2) is 0 Å². The Balaban J connectivity index is 3.27. The van der Waals surface area contributed by atoms with Crippen LogP contribution in [-0.4, -0.2) is 13.6 Å². The van der Waals surface area contributed by atoms with E-state index in [1.807, 2.05) is 7.05 Å². The Kier molecular flexibility index (Phi) is 5.70. The molecule has 0 aromatic carbocycles. The molecule has 0 fully saturated rings. The molecule has 1 nitrogen and oxygen atoms in total. The summed E-state index contributed by atoms with van der Waals surface area (Å²) >= 11 is 0. The van der Waals surface area contributed by atoms with Crippen LogP contribution in [0.1, 0.15) is 33.6 Å². The largest absolute Gasteiger partial charge is 0.319 e. The van der Waals surface area contributed by atoms with Gasteiger partial charge in [0.25, 0.3) is 0 Å². The van der Waals surface area contributed by atoms with Gasteiger partial charge in [0.2, 0.25) is 0 Å². The number of rotatable bonds is 5. The smallest absolute Gasteiger partial charge is 0.00261 e. The van der Waals surface area contributed by atoms with Crippen LogP contribution in [0.5, 0.6) is 0 Å². The standard InChI is InChI=1S/C9H21N/c1-5-8(2)6-9(3)7-10-4/h8-10H,5-7H2,1-4H3. The number of hydrogen-bond donors (Lipinski definition) is 1. The predicted octanol–water partition coefficient (Wildman–Crippen LogP) is 2.28. The molecular weight excluding hydrogens is 122 g/mol. The highest BCUT2D eigenvalue weighted by atomic mass is 14.8. The van der Waals surface area contributed by atoms with Crippen molar-refractivity contribution < 1.29 is 0 Å². The highest BCUT2D eigenvalue weighted by Crippen LogP contribution is 2.13. The first-order chi connectivity index (χ1) is 4.70. The van der Waals surface area contributed by atoms with Crippen molar-refractivity contribution in [3.8, 4) is 0 Å². The summed E-state index contributed by atoms with van der Waals surface area (Å²) < 4.78 is 0. The molecule has 10 heavy (non-hydrogen) atoms. The summed E-state index contributed by atoms with van der Waals surface area (Å²) in [5.74, 6) is 1.73. The quantitative estimate of drug-likeness (QED) is 0.622. The zero-order chi connectivity index (χ0) is 7.98. The minimum absolute atomic E-state index is 0.833. The van der Waals surface area contributed by atoms with Gasteiger partial charge in [0, 0.05) is 0 Å². The molecule has 1 N–H and O–H groups in total. The van der Waals surface area contributed by atoms with E-state index in [4.69, 9.17) is 0 Å². The van der Waals surface area contributed by atoms with Crippen LogP contribution in [0.25, 0.3) is 0 Å². The van der Waals surface area contributed by atoms with Crippen molar-refractivity contribution in [3.05, 3.63) is 0 Å². The van der Waals surface area contributed by atoms with E-state index in [-0.39, 0.29) is 0 Å². The fourth-order valence-electron chi connectivity index (χ4n) is 1.29. The molecule has 0 saturated heterocycles. The van der Waals surface area contributed by atoms with Crippen LogP contribution in [0.2, 0.25) is 0 Å². The Hall–Kier alpha value is -0.0400. The van der Waals surface area contributed by atoms with Crippen LogP contribution in [-0.2, 0) is 0 Å². The molecule has 0 aromatic heterocycles. The van der Waals surface area contributed by atoms with Gasteiger partial charge in [0.05, 0.1) is 0 Å². The van der Waals surface area contributed by atoms with Crippen LogP contribution in [0.3, 0.4) is 0 Å². The monoisotopic (exact) mass is 143 g/mol. The molecule has 0 spiro atoms. The third kappa shape index (κ3) is 4.80. The Morgan fingerprint density at radius 2 is 1.80 bits per heavy atom. The molecule has 0 rings (SSSR count). The molecule has 62 valence electrons. The van der Waals surface area contributed by atoms with E-state index in [0.29, 0.717) is 0 Å². The molecule has 1 heteroatoms. The Morgan fingerprint density at radius 1 is 1.20 bits per heavy atom. The van der Waals surface area contributed by atoms with E-state index in [2.05, 4.69) is 26.1 Å². The molecule has 0 heterocycles. The molecule has 0 amide bonds. The molecule has 0 aliphatic carbocycles. The molecule has 0 aromatic rings. The minimum Gasteiger partial charge on any atom is -0.319 e. The van der Waals surface area contributed by atoms with E-state index < -0.39 is 0 Å². The van der Waals surface area contributed by atoms with Crippen LogP contribution >= 0.6 is 0 Å². The molecule has 0 bridgehead atoms. The van der Waals surface area contributed by atoms with E-state index in [1.54, 1.807) is 0 Å². The maximum Gasteiger partial charge on any atom is -0.00261 e. The highest BCUT2D eigenvalue weighted by Gasteiger charge is 2.04. The molecule has 0 saturated carbocycles. The third-order valence-corrected chi connectivity index (χ3v) is 2.05. The molecule has 0 radical (unpaired) electrons. The van der Waals surface area contributed by atoms with Gasteiger partial charge in [-0.2, -0.15) is 0 Å². The molecular formula is C9H21N. The van der Waals surface area contributed by atoms with Gasteiger partial charge in [-0.3, -0.25) is 0 Å². The van der Waals surface area contributed by atoms with Crippen molar-refractivity contribution in [2.75, 3.05) is 13.6 Å². The minimum atomic E-state index is 0.833. The van der Waals surface area contributed by atoms with Gasteiger partial charge in [-0.1, -0.05) is 27.2 Å². The van der Waals surface area contributed by atoms with Crippen molar-refractivity contribution in [2.45, 2.75) is 33.6 Å². The topological polar surface area (TPSA) is 12.0 Å². The van der Waals surface area contributed by atoms with Crippen LogP contribution in [0, 0.1) is 11.8 Å². The van der Waals surface area contributed by atoms with Crippen LogP contribution in [0.4, 0.5) is 0 Å². The number of hydrogen-bond acceptors (Lipinski definition) is 1. The second kappa shape index (κ2) is 5.72. The SMILES string of the molecule is CCC(C)CC(C)CNC. The summed E-state index contributed by atoms with van der Waals surface area (Å²) in [6, 6.07) is 0. The van der Waals surface area contributed by atoms with Gasteiger partial charge >= 0.3 is 0 Å². The first-order valence-electron chi connectivity index (χ1n) is 4.35. The first kappa shape index (κ1) is 9.96. The first-order valence-corrected chi connectivity index (χ1v) is 4.35. The van der Waals surface area contributed by atoms with Crippen molar-refractivity contribution in [2.24, 2.45) is 11.8 Å². The van der Waals surface area contributed by atoms with E-state index in [9.17, 15) is 0 Å². The fourth-order valence-corrected chi connectivity index (χ4v) is 1.29. The van der Waals surface area contributed by atoms with Crippen molar-refractivity contribution >= 4 is 0 Å². The lowest BCUT2D eigenvalue weighted by Crippen LogP contribution is -2.17. The van der Waals surface area contributed by atoms with Gasteiger partial charge in [-0.15, -0.1) is 0 Å². The molecule has 0 aliphatic heterocycles. The Labute approximate surface area is 65.2 Å². The highest BCUT2D eigenvalue weighted by molar-refractivity contribution is 4.59. The average molecular weight is 143 g/mol. The summed E-state index contributed by atoms with van der Waals surface area (Å²) in [6.45, 7) is 8.05. The zero-order valence-corrected chi connectivity index (χ0v) is 7.78. The van der Waals surface area contributed by atoms with Crippen LogP contribution < -0.4 is 5.32 Å². The Bertz CT molecular complexity index is 71.1. The second-order valence-electron chi connectivity index (χ2n) is 3.41. The zero-order valence-electron chi connectivity index (χ0n) is 7.78. The van der Waals surface area contributed by atoms with Crippen molar-refractivity contribution in [1.29, 1.82) is 0 Å². The van der Waals surface area contributed by atoms with E-state index in [1.165, 1.54) is 12.8 Å². The van der Waals surface area contributed by atoms with Crippen molar-refractivity contribution in [3.63, 3.8) is 0 Å². The maximum atomic E-state index is 3.20.